The summed E-state index contributed by atoms with van der Waals surface area (Å²) in [6, 6.07) is 5.99. The number of piperidine rings is 1. The maximum Gasteiger partial charge on any atom is 0.410 e. The second kappa shape index (κ2) is 8.81. The molecule has 1 atom stereocenters. The van der Waals surface area contributed by atoms with Crippen molar-refractivity contribution in [3.8, 4) is 11.4 Å². The number of likely N-dealkylation sites (N-methyl/N-ethyl adjacent to an activating group) is 1. The van der Waals surface area contributed by atoms with E-state index in [-0.39, 0.29) is 24.2 Å². The van der Waals surface area contributed by atoms with Gasteiger partial charge in [-0.2, -0.15) is 4.98 Å². The molecule has 1 aromatic carbocycles. The summed E-state index contributed by atoms with van der Waals surface area (Å²) in [4.78, 5) is 32.2. The van der Waals surface area contributed by atoms with Gasteiger partial charge in [-0.25, -0.2) is 9.18 Å². The van der Waals surface area contributed by atoms with Crippen molar-refractivity contribution in [1.29, 1.82) is 0 Å². The van der Waals surface area contributed by atoms with Gasteiger partial charge in [-0.3, -0.25) is 4.79 Å². The van der Waals surface area contributed by atoms with Crippen molar-refractivity contribution >= 4 is 12.0 Å². The molecule has 2 aromatic rings. The summed E-state index contributed by atoms with van der Waals surface area (Å²) in [6.45, 7) is 6.28. The first-order valence-electron chi connectivity index (χ1n) is 9.94. The normalized spacial score (nSPS) is 17.0. The highest BCUT2D eigenvalue weighted by Gasteiger charge is 2.30. The van der Waals surface area contributed by atoms with E-state index in [2.05, 4.69) is 10.1 Å². The van der Waals surface area contributed by atoms with E-state index in [4.69, 9.17) is 9.26 Å². The Labute approximate surface area is 175 Å². The van der Waals surface area contributed by atoms with Crippen molar-refractivity contribution in [3.05, 3.63) is 36.0 Å². The molecule has 162 valence electrons. The van der Waals surface area contributed by atoms with Crippen LogP contribution in [-0.4, -0.2) is 64.2 Å². The molecule has 0 N–H and O–H groups in total. The van der Waals surface area contributed by atoms with E-state index in [1.165, 1.54) is 24.1 Å². The van der Waals surface area contributed by atoms with E-state index in [0.717, 1.165) is 12.8 Å². The van der Waals surface area contributed by atoms with Crippen LogP contribution in [0.4, 0.5) is 9.18 Å². The van der Waals surface area contributed by atoms with E-state index in [1.807, 2.05) is 0 Å². The van der Waals surface area contributed by atoms with Gasteiger partial charge in [0.25, 0.3) is 0 Å². The van der Waals surface area contributed by atoms with Gasteiger partial charge >= 0.3 is 6.09 Å². The maximum absolute atomic E-state index is 13.4. The molecular formula is C21H27FN4O4. The van der Waals surface area contributed by atoms with Gasteiger partial charge in [-0.15, -0.1) is 0 Å². The van der Waals surface area contributed by atoms with Crippen molar-refractivity contribution in [2.45, 2.75) is 45.1 Å². The Kier molecular flexibility index (Phi) is 6.38. The van der Waals surface area contributed by atoms with Crippen LogP contribution in [0.2, 0.25) is 0 Å². The quantitative estimate of drug-likeness (QED) is 0.756. The lowest BCUT2D eigenvalue weighted by atomic mass is 9.98. The molecule has 2 amide bonds. The highest BCUT2D eigenvalue weighted by atomic mass is 19.1. The average molecular weight is 418 g/mol. The first kappa shape index (κ1) is 21.7. The molecular weight excluding hydrogens is 391 g/mol. The number of halogens is 1. The fourth-order valence-electron chi connectivity index (χ4n) is 3.26. The Hall–Kier alpha value is -2.97. The molecule has 30 heavy (non-hydrogen) atoms. The van der Waals surface area contributed by atoms with Crippen LogP contribution in [0.5, 0.6) is 0 Å². The number of benzene rings is 1. The molecule has 0 aliphatic carbocycles. The number of likely N-dealkylation sites (tertiary alicyclic amines) is 1. The molecule has 3 rings (SSSR count). The van der Waals surface area contributed by atoms with Gasteiger partial charge in [0.1, 0.15) is 18.0 Å². The molecule has 9 heteroatoms. The molecule has 0 bridgehead atoms. The van der Waals surface area contributed by atoms with Crippen LogP contribution in [-0.2, 0) is 9.53 Å². The monoisotopic (exact) mass is 418 g/mol. The van der Waals surface area contributed by atoms with E-state index < -0.39 is 11.7 Å². The van der Waals surface area contributed by atoms with Crippen LogP contribution in [0.1, 0.15) is 45.4 Å². The first-order valence-corrected chi connectivity index (χ1v) is 9.94. The fourth-order valence-corrected chi connectivity index (χ4v) is 3.26. The van der Waals surface area contributed by atoms with E-state index in [1.54, 1.807) is 37.8 Å². The molecule has 1 fully saturated rings. The van der Waals surface area contributed by atoms with Crippen molar-refractivity contribution in [3.63, 3.8) is 0 Å². The van der Waals surface area contributed by atoms with Gasteiger partial charge in [-0.05, 0) is 45.7 Å². The van der Waals surface area contributed by atoms with Crippen LogP contribution < -0.4 is 0 Å². The molecule has 0 spiro atoms. The highest BCUT2D eigenvalue weighted by molar-refractivity contribution is 5.82. The predicted molar refractivity (Wildman–Crippen MR) is 107 cm³/mol. The van der Waals surface area contributed by atoms with Crippen LogP contribution in [0.3, 0.4) is 0 Å². The van der Waals surface area contributed by atoms with E-state index in [0.29, 0.717) is 30.4 Å². The topological polar surface area (TPSA) is 88.8 Å². The maximum atomic E-state index is 13.4. The third-order valence-corrected chi connectivity index (χ3v) is 4.73. The van der Waals surface area contributed by atoms with Crippen molar-refractivity contribution in [2.75, 3.05) is 26.7 Å². The molecule has 1 aliphatic rings. The molecule has 0 radical (unpaired) electrons. The van der Waals surface area contributed by atoms with Gasteiger partial charge in [0.05, 0.1) is 5.92 Å². The van der Waals surface area contributed by atoms with Gasteiger partial charge in [0.15, 0.2) is 0 Å². The molecule has 0 saturated carbocycles. The Balaban J connectivity index is 1.61. The minimum atomic E-state index is -0.623. The lowest BCUT2D eigenvalue weighted by molar-refractivity contribution is -0.133. The number of amides is 2. The zero-order valence-electron chi connectivity index (χ0n) is 17.7. The van der Waals surface area contributed by atoms with Crippen molar-refractivity contribution < 1.29 is 23.2 Å². The smallest absolute Gasteiger partial charge is 0.410 e. The Bertz CT molecular complexity index is 908. The van der Waals surface area contributed by atoms with Crippen LogP contribution in [0.25, 0.3) is 11.4 Å². The summed E-state index contributed by atoms with van der Waals surface area (Å²) in [5.41, 5.74) is -0.0881. The third kappa shape index (κ3) is 5.55. The molecule has 1 saturated heterocycles. The second-order valence-corrected chi connectivity index (χ2v) is 8.48. The summed E-state index contributed by atoms with van der Waals surface area (Å²) in [7, 11) is 1.54. The van der Waals surface area contributed by atoms with Crippen LogP contribution in [0.15, 0.2) is 28.8 Å². The number of hydrogen-bond donors (Lipinski definition) is 0. The summed E-state index contributed by atoms with van der Waals surface area (Å²) in [6.07, 6.45) is 1.04. The van der Waals surface area contributed by atoms with E-state index >= 15 is 0 Å². The molecule has 1 unspecified atom stereocenters. The predicted octanol–water partition coefficient (Wildman–Crippen LogP) is 3.45. The lowest BCUT2D eigenvalue weighted by Gasteiger charge is -2.32. The standard InChI is InChI=1S/C21H27FN4O4/c1-21(2,3)29-20(28)25(4)13-17(27)26-10-6-8-15(12-26)19-23-18(24-30-19)14-7-5-9-16(22)11-14/h5,7,9,11,15H,6,8,10,12-13H2,1-4H3. The lowest BCUT2D eigenvalue weighted by Crippen LogP contribution is -2.46. The Morgan fingerprint density at radius 2 is 2.13 bits per heavy atom. The fraction of sp³-hybridized carbons (Fsp3) is 0.524. The minimum Gasteiger partial charge on any atom is -0.444 e. The van der Waals surface area contributed by atoms with Gasteiger partial charge in [-0.1, -0.05) is 17.3 Å². The largest absolute Gasteiger partial charge is 0.444 e. The number of aromatic nitrogens is 2. The number of hydrogen-bond acceptors (Lipinski definition) is 6. The molecule has 8 nitrogen and oxygen atoms in total. The summed E-state index contributed by atoms with van der Waals surface area (Å²) in [5.74, 6) is 0.0922. The zero-order valence-corrected chi connectivity index (χ0v) is 17.7. The minimum absolute atomic E-state index is 0.0694. The Morgan fingerprint density at radius 3 is 2.83 bits per heavy atom. The molecule has 1 aromatic heterocycles. The van der Waals surface area contributed by atoms with Crippen molar-refractivity contribution in [1.82, 2.24) is 19.9 Å². The summed E-state index contributed by atoms with van der Waals surface area (Å²) < 4.78 is 24.1. The number of nitrogens with zero attached hydrogens (tertiary/aromatic N) is 4. The highest BCUT2D eigenvalue weighted by Crippen LogP contribution is 2.28. The number of ether oxygens (including phenoxy) is 1. The van der Waals surface area contributed by atoms with E-state index in [9.17, 15) is 14.0 Å². The van der Waals surface area contributed by atoms with Crippen molar-refractivity contribution in [2.24, 2.45) is 0 Å². The van der Waals surface area contributed by atoms with Gasteiger partial charge < -0.3 is 19.1 Å². The number of rotatable bonds is 4. The average Bonchev–Trinajstić information content (AvgIpc) is 3.17. The summed E-state index contributed by atoms with van der Waals surface area (Å²) >= 11 is 0. The summed E-state index contributed by atoms with van der Waals surface area (Å²) in [5, 5.41) is 3.95. The van der Waals surface area contributed by atoms with Crippen LogP contribution in [0, 0.1) is 5.82 Å². The zero-order chi connectivity index (χ0) is 21.9. The molecule has 1 aliphatic heterocycles. The number of carbonyl (C=O) groups excluding carboxylic acids is 2. The number of carbonyl (C=O) groups is 2. The van der Waals surface area contributed by atoms with Crippen LogP contribution >= 0.6 is 0 Å². The van der Waals surface area contributed by atoms with Gasteiger partial charge in [0.2, 0.25) is 17.6 Å². The third-order valence-electron chi connectivity index (χ3n) is 4.73. The molecule has 2 heterocycles. The van der Waals surface area contributed by atoms with Gasteiger partial charge in [0, 0.05) is 25.7 Å². The SMILES string of the molecule is CN(CC(=O)N1CCCC(c2nc(-c3cccc(F)c3)no2)C1)C(=O)OC(C)(C)C. The Morgan fingerprint density at radius 1 is 1.37 bits per heavy atom. The first-order chi connectivity index (χ1) is 14.1. The second-order valence-electron chi connectivity index (χ2n) is 8.48.